The predicted octanol–water partition coefficient (Wildman–Crippen LogP) is 4.15. The number of nitriles is 1. The van der Waals surface area contributed by atoms with Crippen LogP contribution >= 0.6 is 0 Å². The molecule has 32 heavy (non-hydrogen) atoms. The lowest BCUT2D eigenvalue weighted by atomic mass is 9.83. The fraction of sp³-hybridized carbons (Fsp3) is 0.346. The van der Waals surface area contributed by atoms with Crippen molar-refractivity contribution in [1.82, 2.24) is 4.90 Å². The Morgan fingerprint density at radius 2 is 1.69 bits per heavy atom. The van der Waals surface area contributed by atoms with Crippen molar-refractivity contribution in [3.05, 3.63) is 81.9 Å². The molecule has 0 bridgehead atoms. The van der Waals surface area contributed by atoms with Crippen molar-refractivity contribution in [2.45, 2.75) is 38.5 Å². The Morgan fingerprint density at radius 1 is 1.06 bits per heavy atom. The summed E-state index contributed by atoms with van der Waals surface area (Å²) in [7, 11) is 4.26. The van der Waals surface area contributed by atoms with Gasteiger partial charge in [0.05, 0.1) is 11.6 Å². The molecule has 1 aliphatic carbocycles. The van der Waals surface area contributed by atoms with Crippen molar-refractivity contribution in [3.63, 3.8) is 0 Å². The number of carboxylic acid groups (broad SMARTS) is 2. The first kappa shape index (κ1) is 24.8. The maximum Gasteiger partial charge on any atom is 0.328 e. The van der Waals surface area contributed by atoms with E-state index in [9.17, 15) is 14.9 Å². The summed E-state index contributed by atoms with van der Waals surface area (Å²) < 4.78 is 0. The zero-order valence-corrected chi connectivity index (χ0v) is 18.8. The van der Waals surface area contributed by atoms with Gasteiger partial charge in [-0.3, -0.25) is 0 Å². The van der Waals surface area contributed by atoms with E-state index in [4.69, 9.17) is 10.2 Å². The minimum atomic E-state index is -1.26. The van der Waals surface area contributed by atoms with Gasteiger partial charge in [-0.15, -0.1) is 0 Å². The Morgan fingerprint density at radius 3 is 2.28 bits per heavy atom. The third kappa shape index (κ3) is 7.07. The summed E-state index contributed by atoms with van der Waals surface area (Å²) in [6.07, 6.45) is 5.59. The van der Waals surface area contributed by atoms with E-state index in [-0.39, 0.29) is 0 Å². The number of benzene rings is 2. The second-order valence-corrected chi connectivity index (χ2v) is 8.18. The average molecular weight is 435 g/mol. The van der Waals surface area contributed by atoms with Crippen LogP contribution in [0.25, 0.3) is 0 Å². The van der Waals surface area contributed by atoms with Gasteiger partial charge in [0.25, 0.3) is 0 Å². The Labute approximate surface area is 189 Å². The van der Waals surface area contributed by atoms with Crippen LogP contribution in [0.1, 0.15) is 52.1 Å². The molecule has 0 aromatic heterocycles. The zero-order valence-electron chi connectivity index (χ0n) is 18.8. The topological polar surface area (TPSA) is 102 Å². The molecule has 0 amide bonds. The molecule has 0 aliphatic heterocycles. The molecule has 3 rings (SSSR count). The van der Waals surface area contributed by atoms with E-state index in [1.165, 1.54) is 28.7 Å². The summed E-state index contributed by atoms with van der Waals surface area (Å²) in [6.45, 7) is 3.16. The summed E-state index contributed by atoms with van der Waals surface area (Å²) in [4.78, 5) is 21.4. The van der Waals surface area contributed by atoms with Gasteiger partial charge in [0.1, 0.15) is 0 Å². The zero-order chi connectivity index (χ0) is 23.7. The number of carboxylic acids is 2. The molecule has 0 fully saturated rings. The largest absolute Gasteiger partial charge is 0.478 e. The van der Waals surface area contributed by atoms with Crippen LogP contribution in [0, 0.1) is 18.3 Å². The van der Waals surface area contributed by atoms with Crippen molar-refractivity contribution < 1.29 is 19.8 Å². The van der Waals surface area contributed by atoms with Gasteiger partial charge in [0, 0.05) is 18.1 Å². The summed E-state index contributed by atoms with van der Waals surface area (Å²) >= 11 is 0. The first-order chi connectivity index (χ1) is 15.2. The van der Waals surface area contributed by atoms with Crippen molar-refractivity contribution in [2.75, 3.05) is 20.6 Å². The van der Waals surface area contributed by atoms with E-state index in [0.717, 1.165) is 36.9 Å². The third-order valence-corrected chi connectivity index (χ3v) is 5.54. The van der Waals surface area contributed by atoms with E-state index in [2.05, 4.69) is 68.4 Å². The molecule has 0 saturated carbocycles. The first-order valence-corrected chi connectivity index (χ1v) is 10.6. The van der Waals surface area contributed by atoms with Gasteiger partial charge in [0.2, 0.25) is 0 Å². The number of carbonyl (C=O) groups is 2. The molecule has 1 unspecified atom stereocenters. The van der Waals surface area contributed by atoms with Gasteiger partial charge in [0.15, 0.2) is 0 Å². The number of rotatable bonds is 6. The van der Waals surface area contributed by atoms with Crippen molar-refractivity contribution in [3.8, 4) is 6.07 Å². The second kappa shape index (κ2) is 11.8. The highest BCUT2D eigenvalue weighted by Crippen LogP contribution is 2.38. The first-order valence-electron chi connectivity index (χ1n) is 10.6. The van der Waals surface area contributed by atoms with Gasteiger partial charge >= 0.3 is 11.9 Å². The van der Waals surface area contributed by atoms with Gasteiger partial charge in [-0.05, 0) is 87.1 Å². The quantitative estimate of drug-likeness (QED) is 0.662. The number of aliphatic carboxylic acids is 2. The van der Waals surface area contributed by atoms with Gasteiger partial charge in [-0.25, -0.2) is 9.59 Å². The number of aryl methyl sites for hydroxylation is 3. The summed E-state index contributed by atoms with van der Waals surface area (Å²) in [5.74, 6) is -2.11. The van der Waals surface area contributed by atoms with Crippen LogP contribution < -0.4 is 0 Å². The Balaban J connectivity index is 0.000000390. The highest BCUT2D eigenvalue weighted by molar-refractivity contribution is 5.89. The molecule has 168 valence electrons. The second-order valence-electron chi connectivity index (χ2n) is 8.18. The molecular weight excluding hydrogens is 404 g/mol. The maximum absolute atomic E-state index is 9.55. The fourth-order valence-corrected chi connectivity index (χ4v) is 4.05. The molecule has 2 N–H and O–H groups in total. The molecule has 1 aliphatic rings. The molecule has 1 atom stereocenters. The molecule has 2 aromatic rings. The highest BCUT2D eigenvalue weighted by Gasteiger charge is 2.24. The van der Waals surface area contributed by atoms with Crippen molar-refractivity contribution >= 4 is 11.9 Å². The number of fused-ring (bicyclic) bond motifs is 2. The van der Waals surface area contributed by atoms with Crippen LogP contribution in [-0.2, 0) is 22.4 Å². The number of hydrogen-bond donors (Lipinski definition) is 2. The smallest absolute Gasteiger partial charge is 0.328 e. The highest BCUT2D eigenvalue weighted by atomic mass is 16.4. The van der Waals surface area contributed by atoms with Crippen LogP contribution in [0.4, 0.5) is 0 Å². The van der Waals surface area contributed by atoms with E-state index < -0.39 is 11.9 Å². The number of nitrogens with zero attached hydrogens (tertiary/aromatic N) is 2. The third-order valence-electron chi connectivity index (χ3n) is 5.54. The predicted molar refractivity (Wildman–Crippen MR) is 124 cm³/mol. The normalized spacial score (nSPS) is 14.5. The van der Waals surface area contributed by atoms with Crippen LogP contribution in [0.15, 0.2) is 48.6 Å². The SMILES string of the molecule is Cc1cc2c(cc1C#N)C(CCCN(C)C)c1ccccc1CC2.O=C(O)/C=C/C(=O)O. The molecule has 0 heterocycles. The number of hydrogen-bond acceptors (Lipinski definition) is 4. The van der Waals surface area contributed by atoms with Gasteiger partial charge in [-0.2, -0.15) is 5.26 Å². The van der Waals surface area contributed by atoms with E-state index >= 15 is 0 Å². The summed E-state index contributed by atoms with van der Waals surface area (Å²) in [6, 6.07) is 15.7. The minimum absolute atomic E-state index is 0.409. The Kier molecular flexibility index (Phi) is 9.18. The molecular formula is C26H30N2O4. The van der Waals surface area contributed by atoms with E-state index in [0.29, 0.717) is 18.1 Å². The van der Waals surface area contributed by atoms with E-state index in [1.54, 1.807) is 0 Å². The molecule has 2 aromatic carbocycles. The Bertz CT molecular complexity index is 1020. The lowest BCUT2D eigenvalue weighted by Crippen LogP contribution is -2.14. The lowest BCUT2D eigenvalue weighted by Gasteiger charge is -2.22. The standard InChI is InChI=1S/C22H26N2.C4H4O4/c1-16-13-18-11-10-17-7-4-5-8-20(17)21(9-6-12-24(2)3)22(18)14-19(16)15-23;5-3(6)1-2-4(7)8/h4-5,7-8,13-14,21H,6,9-12H2,1-3H3;1-2H,(H,5,6)(H,7,8)/b;2-1+. The molecule has 0 radical (unpaired) electrons. The average Bonchev–Trinajstić information content (AvgIpc) is 2.89. The lowest BCUT2D eigenvalue weighted by molar-refractivity contribution is -0.134. The van der Waals surface area contributed by atoms with Crippen LogP contribution in [0.2, 0.25) is 0 Å². The fourth-order valence-electron chi connectivity index (χ4n) is 4.05. The van der Waals surface area contributed by atoms with Gasteiger partial charge < -0.3 is 15.1 Å². The van der Waals surface area contributed by atoms with Crippen LogP contribution in [-0.4, -0.2) is 47.7 Å². The van der Waals surface area contributed by atoms with Crippen molar-refractivity contribution in [2.24, 2.45) is 0 Å². The van der Waals surface area contributed by atoms with Crippen LogP contribution in [0.5, 0.6) is 0 Å². The van der Waals surface area contributed by atoms with Crippen LogP contribution in [0.3, 0.4) is 0 Å². The molecule has 6 nitrogen and oxygen atoms in total. The minimum Gasteiger partial charge on any atom is -0.478 e. The molecule has 0 spiro atoms. The molecule has 6 heteroatoms. The van der Waals surface area contributed by atoms with Crippen molar-refractivity contribution in [1.29, 1.82) is 5.26 Å². The maximum atomic E-state index is 9.55. The summed E-state index contributed by atoms with van der Waals surface area (Å²) in [5, 5.41) is 25.1. The van der Waals surface area contributed by atoms with E-state index in [1.807, 2.05) is 0 Å². The Hall–Kier alpha value is -3.43. The monoisotopic (exact) mass is 434 g/mol. The summed E-state index contributed by atoms with van der Waals surface area (Å²) in [5.41, 5.74) is 7.67. The van der Waals surface area contributed by atoms with Gasteiger partial charge in [-0.1, -0.05) is 30.3 Å². The molecule has 0 saturated heterocycles.